The summed E-state index contributed by atoms with van der Waals surface area (Å²) < 4.78 is 12.5. The van der Waals surface area contributed by atoms with Gasteiger partial charge in [0.05, 0.1) is 3.79 Å². The van der Waals surface area contributed by atoms with Gasteiger partial charge in [-0.05, 0) is 51.7 Å². The topological polar surface area (TPSA) is 30.5 Å². The van der Waals surface area contributed by atoms with Crippen LogP contribution < -0.4 is 14.8 Å². The Bertz CT molecular complexity index is 641. The second-order valence-electron chi connectivity index (χ2n) is 5.71. The Hall–Kier alpha value is -1.04. The van der Waals surface area contributed by atoms with Crippen molar-refractivity contribution in [3.05, 3.63) is 44.6 Å². The summed E-state index contributed by atoms with van der Waals surface area (Å²) in [6.45, 7) is 6.59. The van der Waals surface area contributed by atoms with Gasteiger partial charge < -0.3 is 14.8 Å². The Morgan fingerprint density at radius 1 is 1.14 bits per heavy atom. The molecule has 1 aliphatic heterocycles. The molecule has 3 nitrogen and oxygen atoms in total. The van der Waals surface area contributed by atoms with Crippen LogP contribution in [0.4, 0.5) is 0 Å². The molecule has 3 rings (SSSR count). The van der Waals surface area contributed by atoms with Crippen LogP contribution in [0.15, 0.2) is 34.1 Å². The molecule has 1 aliphatic rings. The van der Waals surface area contributed by atoms with E-state index in [1.807, 2.05) is 6.07 Å². The normalized spacial score (nSPS) is 15.1. The minimum Gasteiger partial charge on any atom is -0.486 e. The molecule has 22 heavy (non-hydrogen) atoms. The van der Waals surface area contributed by atoms with Crippen molar-refractivity contribution in [1.29, 1.82) is 0 Å². The van der Waals surface area contributed by atoms with Crippen molar-refractivity contribution in [3.8, 4) is 11.5 Å². The average Bonchev–Trinajstić information content (AvgIpc) is 2.92. The Morgan fingerprint density at radius 2 is 1.91 bits per heavy atom. The highest BCUT2D eigenvalue weighted by Crippen LogP contribution is 2.34. The number of halogens is 1. The lowest BCUT2D eigenvalue weighted by Crippen LogP contribution is -2.25. The lowest BCUT2D eigenvalue weighted by atomic mass is 9.95. The van der Waals surface area contributed by atoms with Crippen LogP contribution in [-0.4, -0.2) is 13.2 Å². The maximum atomic E-state index is 5.70. The molecule has 0 aliphatic carbocycles. The van der Waals surface area contributed by atoms with E-state index in [0.29, 0.717) is 19.1 Å². The first-order valence-corrected chi connectivity index (χ1v) is 9.11. The van der Waals surface area contributed by atoms with Crippen LogP contribution in [-0.2, 0) is 6.54 Å². The predicted molar refractivity (Wildman–Crippen MR) is 93.9 cm³/mol. The molecule has 118 valence electrons. The Kier molecular flexibility index (Phi) is 5.06. The second kappa shape index (κ2) is 7.02. The minimum absolute atomic E-state index is 0.289. The fourth-order valence-corrected chi connectivity index (χ4v) is 4.08. The SMILES string of the molecule is CC(C)C(NCc1ccc(Br)s1)c1ccc2c(c1)OCCO2. The van der Waals surface area contributed by atoms with Gasteiger partial charge in [0.15, 0.2) is 11.5 Å². The maximum Gasteiger partial charge on any atom is 0.161 e. The van der Waals surface area contributed by atoms with Gasteiger partial charge in [0, 0.05) is 17.5 Å². The molecule has 5 heteroatoms. The Morgan fingerprint density at radius 3 is 2.59 bits per heavy atom. The van der Waals surface area contributed by atoms with Gasteiger partial charge in [-0.15, -0.1) is 11.3 Å². The van der Waals surface area contributed by atoms with Crippen LogP contribution in [0.1, 0.15) is 30.3 Å². The summed E-state index contributed by atoms with van der Waals surface area (Å²) >= 11 is 5.28. The quantitative estimate of drug-likeness (QED) is 0.808. The molecule has 0 amide bonds. The van der Waals surface area contributed by atoms with Gasteiger partial charge in [-0.3, -0.25) is 0 Å². The summed E-state index contributed by atoms with van der Waals surface area (Å²) in [4.78, 5) is 1.33. The molecule has 1 N–H and O–H groups in total. The van der Waals surface area contributed by atoms with Crippen molar-refractivity contribution in [1.82, 2.24) is 5.32 Å². The minimum atomic E-state index is 0.289. The molecule has 1 atom stereocenters. The summed E-state index contributed by atoms with van der Waals surface area (Å²) in [7, 11) is 0. The third kappa shape index (κ3) is 3.65. The molecular weight excluding hydrogens is 362 g/mol. The fraction of sp³-hybridized carbons (Fsp3) is 0.412. The van der Waals surface area contributed by atoms with Crippen molar-refractivity contribution in [2.75, 3.05) is 13.2 Å². The number of rotatable bonds is 5. The zero-order chi connectivity index (χ0) is 15.5. The highest BCUT2D eigenvalue weighted by Gasteiger charge is 2.19. The highest BCUT2D eigenvalue weighted by molar-refractivity contribution is 9.11. The summed E-state index contributed by atoms with van der Waals surface area (Å²) in [5, 5.41) is 3.67. The molecule has 0 spiro atoms. The molecule has 0 bridgehead atoms. The van der Waals surface area contributed by atoms with E-state index >= 15 is 0 Å². The molecule has 2 heterocycles. The predicted octanol–water partition coefficient (Wildman–Crippen LogP) is 4.77. The van der Waals surface area contributed by atoms with Crippen molar-refractivity contribution >= 4 is 27.3 Å². The van der Waals surface area contributed by atoms with E-state index in [2.05, 4.69) is 59.4 Å². The van der Waals surface area contributed by atoms with Crippen LogP contribution in [0.2, 0.25) is 0 Å². The van der Waals surface area contributed by atoms with Crippen molar-refractivity contribution < 1.29 is 9.47 Å². The maximum absolute atomic E-state index is 5.70. The number of benzene rings is 1. The van der Waals surface area contributed by atoms with Gasteiger partial charge >= 0.3 is 0 Å². The van der Waals surface area contributed by atoms with Crippen molar-refractivity contribution in [2.45, 2.75) is 26.4 Å². The number of ether oxygens (including phenoxy) is 2. The number of thiophene rings is 1. The monoisotopic (exact) mass is 381 g/mol. The van der Waals surface area contributed by atoms with Gasteiger partial charge in [0.1, 0.15) is 13.2 Å². The third-order valence-corrected chi connectivity index (χ3v) is 5.34. The van der Waals surface area contributed by atoms with Crippen LogP contribution in [0.25, 0.3) is 0 Å². The first-order chi connectivity index (χ1) is 10.6. The van der Waals surface area contributed by atoms with E-state index in [4.69, 9.17) is 9.47 Å². The molecule has 1 aromatic carbocycles. The summed E-state index contributed by atoms with van der Waals surface area (Å²) in [6, 6.07) is 10.8. The molecule has 1 unspecified atom stereocenters. The molecule has 2 aromatic rings. The van der Waals surface area contributed by atoms with Crippen molar-refractivity contribution in [2.24, 2.45) is 5.92 Å². The number of nitrogens with one attached hydrogen (secondary N) is 1. The molecular formula is C17H20BrNO2S. The lowest BCUT2D eigenvalue weighted by Gasteiger charge is -2.25. The zero-order valence-corrected chi connectivity index (χ0v) is 15.2. The van der Waals surface area contributed by atoms with Crippen LogP contribution in [0, 0.1) is 5.92 Å². The van der Waals surface area contributed by atoms with Gasteiger partial charge in [-0.2, -0.15) is 0 Å². The summed E-state index contributed by atoms with van der Waals surface area (Å²) in [5.74, 6) is 2.20. The first kappa shape index (κ1) is 15.8. The fourth-order valence-electron chi connectivity index (χ4n) is 2.65. The number of hydrogen-bond acceptors (Lipinski definition) is 4. The van der Waals surface area contributed by atoms with E-state index in [9.17, 15) is 0 Å². The van der Waals surface area contributed by atoms with Crippen molar-refractivity contribution in [3.63, 3.8) is 0 Å². The van der Waals surface area contributed by atoms with Crippen LogP contribution in [0.3, 0.4) is 0 Å². The number of fused-ring (bicyclic) bond motifs is 1. The van der Waals surface area contributed by atoms with E-state index in [-0.39, 0.29) is 6.04 Å². The lowest BCUT2D eigenvalue weighted by molar-refractivity contribution is 0.171. The molecule has 0 saturated heterocycles. The molecule has 0 fully saturated rings. The summed E-state index contributed by atoms with van der Waals surface area (Å²) in [5.41, 5.74) is 1.25. The Balaban J connectivity index is 1.75. The van der Waals surface area contributed by atoms with E-state index in [0.717, 1.165) is 18.0 Å². The van der Waals surface area contributed by atoms with Crippen LogP contribution >= 0.6 is 27.3 Å². The number of hydrogen-bond donors (Lipinski definition) is 1. The standard InChI is InChI=1S/C17H20BrNO2S/c1-11(2)17(19-10-13-4-6-16(18)22-13)12-3-5-14-15(9-12)21-8-7-20-14/h3-6,9,11,17,19H,7-8,10H2,1-2H3. The second-order valence-corrected chi connectivity index (χ2v) is 8.26. The van der Waals surface area contributed by atoms with Gasteiger partial charge in [0.2, 0.25) is 0 Å². The smallest absolute Gasteiger partial charge is 0.161 e. The molecule has 1 aromatic heterocycles. The van der Waals surface area contributed by atoms with Gasteiger partial charge in [-0.1, -0.05) is 19.9 Å². The van der Waals surface area contributed by atoms with E-state index < -0.39 is 0 Å². The van der Waals surface area contributed by atoms with E-state index in [1.165, 1.54) is 14.2 Å². The zero-order valence-electron chi connectivity index (χ0n) is 12.8. The average molecular weight is 382 g/mol. The summed E-state index contributed by atoms with van der Waals surface area (Å²) in [6.07, 6.45) is 0. The van der Waals surface area contributed by atoms with Gasteiger partial charge in [0.25, 0.3) is 0 Å². The Labute approximate surface area is 143 Å². The third-order valence-electron chi connectivity index (χ3n) is 3.72. The molecule has 0 radical (unpaired) electrons. The largest absolute Gasteiger partial charge is 0.486 e. The van der Waals surface area contributed by atoms with Crippen LogP contribution in [0.5, 0.6) is 11.5 Å². The van der Waals surface area contributed by atoms with E-state index in [1.54, 1.807) is 11.3 Å². The molecule has 0 saturated carbocycles. The van der Waals surface area contributed by atoms with Gasteiger partial charge in [-0.25, -0.2) is 0 Å². The highest BCUT2D eigenvalue weighted by atomic mass is 79.9. The first-order valence-electron chi connectivity index (χ1n) is 7.50.